The minimum absolute atomic E-state index is 0.373. The molecular weight excluding hydrogens is 304 g/mol. The molecule has 4 nitrogen and oxygen atoms in total. The number of sulfonamides is 1. The molecule has 1 N–H and O–H groups in total. The van der Waals surface area contributed by atoms with Gasteiger partial charge >= 0.3 is 0 Å². The minimum Gasteiger partial charge on any atom is -0.378 e. The molecule has 0 fully saturated rings. The molecule has 1 aromatic heterocycles. The van der Waals surface area contributed by atoms with E-state index in [1.54, 1.807) is 17.5 Å². The van der Waals surface area contributed by atoms with Crippen molar-refractivity contribution in [2.24, 2.45) is 0 Å². The lowest BCUT2D eigenvalue weighted by atomic mass is 10.1. The zero-order valence-electron chi connectivity index (χ0n) is 12.2. The van der Waals surface area contributed by atoms with E-state index in [4.69, 9.17) is 0 Å². The largest absolute Gasteiger partial charge is 0.378 e. The van der Waals surface area contributed by atoms with E-state index in [-0.39, 0.29) is 0 Å². The molecule has 0 aliphatic rings. The van der Waals surface area contributed by atoms with Crippen LogP contribution in [0.3, 0.4) is 0 Å². The maximum absolute atomic E-state index is 11.9. The zero-order valence-corrected chi connectivity index (χ0v) is 13.9. The molecule has 114 valence electrons. The minimum atomic E-state index is -3.33. The first-order valence-electron chi connectivity index (χ1n) is 6.78. The van der Waals surface area contributed by atoms with Gasteiger partial charge in [0, 0.05) is 26.3 Å². The maximum Gasteiger partial charge on any atom is 0.250 e. The average Bonchev–Trinajstić information content (AvgIpc) is 2.99. The molecular formula is C15H20N2O2S2. The fraction of sp³-hybridized carbons (Fsp3) is 0.333. The summed E-state index contributed by atoms with van der Waals surface area (Å²) in [5.41, 5.74) is 2.38. The van der Waals surface area contributed by atoms with Crippen LogP contribution >= 0.6 is 11.3 Å². The second kappa shape index (κ2) is 7.06. The molecule has 0 saturated carbocycles. The Morgan fingerprint density at radius 3 is 2.43 bits per heavy atom. The van der Waals surface area contributed by atoms with Crippen molar-refractivity contribution < 1.29 is 8.42 Å². The van der Waals surface area contributed by atoms with Crippen molar-refractivity contribution in [3.63, 3.8) is 0 Å². The van der Waals surface area contributed by atoms with E-state index in [9.17, 15) is 8.42 Å². The van der Waals surface area contributed by atoms with Crippen molar-refractivity contribution in [2.75, 3.05) is 25.5 Å². The molecule has 1 heterocycles. The topological polar surface area (TPSA) is 49.4 Å². The highest BCUT2D eigenvalue weighted by Crippen LogP contribution is 2.16. The maximum atomic E-state index is 11.9. The molecule has 0 saturated heterocycles. The van der Waals surface area contributed by atoms with Gasteiger partial charge in [-0.15, -0.1) is 11.3 Å². The summed E-state index contributed by atoms with van der Waals surface area (Å²) in [6, 6.07) is 11.7. The number of nitrogens with zero attached hydrogens (tertiary/aromatic N) is 1. The van der Waals surface area contributed by atoms with Gasteiger partial charge < -0.3 is 4.90 Å². The number of rotatable bonds is 7. The van der Waals surface area contributed by atoms with E-state index in [1.807, 2.05) is 14.1 Å². The van der Waals surface area contributed by atoms with Crippen molar-refractivity contribution in [1.29, 1.82) is 0 Å². The Hall–Kier alpha value is -1.37. The van der Waals surface area contributed by atoms with Crippen LogP contribution in [0.25, 0.3) is 0 Å². The fourth-order valence-corrected chi connectivity index (χ4v) is 4.06. The Morgan fingerprint density at radius 2 is 1.86 bits per heavy atom. The SMILES string of the molecule is CN(C)c1ccc(CCCNS(=O)(=O)c2cccs2)cc1. The van der Waals surface area contributed by atoms with Gasteiger partial charge in [0.2, 0.25) is 10.0 Å². The predicted octanol–water partition coefficient (Wildman–Crippen LogP) is 2.73. The van der Waals surface area contributed by atoms with Gasteiger partial charge in [0.25, 0.3) is 0 Å². The molecule has 0 amide bonds. The molecule has 0 atom stereocenters. The number of nitrogens with one attached hydrogen (secondary N) is 1. The normalized spacial score (nSPS) is 11.5. The van der Waals surface area contributed by atoms with Gasteiger partial charge in [-0.2, -0.15) is 0 Å². The van der Waals surface area contributed by atoms with E-state index in [0.717, 1.165) is 18.5 Å². The summed E-state index contributed by atoms with van der Waals surface area (Å²) in [5, 5.41) is 1.76. The quantitative estimate of drug-likeness (QED) is 0.797. The third-order valence-corrected chi connectivity index (χ3v) is 6.01. The van der Waals surface area contributed by atoms with Crippen LogP contribution in [0, 0.1) is 0 Å². The van der Waals surface area contributed by atoms with Crippen LogP contribution in [0.1, 0.15) is 12.0 Å². The van der Waals surface area contributed by atoms with Crippen LogP contribution in [0.2, 0.25) is 0 Å². The van der Waals surface area contributed by atoms with Crippen molar-refractivity contribution in [3.8, 4) is 0 Å². The highest BCUT2D eigenvalue weighted by molar-refractivity contribution is 7.91. The lowest BCUT2D eigenvalue weighted by Gasteiger charge is -2.12. The van der Waals surface area contributed by atoms with E-state index >= 15 is 0 Å². The smallest absolute Gasteiger partial charge is 0.250 e. The molecule has 6 heteroatoms. The first-order valence-corrected chi connectivity index (χ1v) is 9.15. The lowest BCUT2D eigenvalue weighted by Crippen LogP contribution is -2.24. The molecule has 0 radical (unpaired) electrons. The molecule has 0 bridgehead atoms. The summed E-state index contributed by atoms with van der Waals surface area (Å²) < 4.78 is 26.8. The summed E-state index contributed by atoms with van der Waals surface area (Å²) in [4.78, 5) is 2.05. The number of anilines is 1. The van der Waals surface area contributed by atoms with Crippen LogP contribution < -0.4 is 9.62 Å². The number of hydrogen-bond donors (Lipinski definition) is 1. The fourth-order valence-electron chi connectivity index (χ4n) is 1.95. The first kappa shape index (κ1) is 16.0. The van der Waals surface area contributed by atoms with Crippen molar-refractivity contribution in [1.82, 2.24) is 4.72 Å². The van der Waals surface area contributed by atoms with Gasteiger partial charge in [-0.05, 0) is 42.0 Å². The number of aryl methyl sites for hydroxylation is 1. The standard InChI is InChI=1S/C15H20N2O2S2/c1-17(2)14-9-7-13(8-10-14)5-3-11-16-21(18,19)15-6-4-12-20-15/h4,6-10,12,16H,3,5,11H2,1-2H3. The molecule has 1 aromatic carbocycles. The summed E-state index contributed by atoms with van der Waals surface area (Å²) in [6.45, 7) is 0.454. The van der Waals surface area contributed by atoms with E-state index in [0.29, 0.717) is 10.8 Å². The van der Waals surface area contributed by atoms with E-state index < -0.39 is 10.0 Å². The molecule has 0 unspecified atom stereocenters. The number of benzene rings is 1. The average molecular weight is 324 g/mol. The van der Waals surface area contributed by atoms with Crippen LogP contribution in [-0.4, -0.2) is 29.1 Å². The Balaban J connectivity index is 1.80. The zero-order chi connectivity index (χ0) is 15.3. The predicted molar refractivity (Wildman–Crippen MR) is 88.6 cm³/mol. The molecule has 0 spiro atoms. The number of thiophene rings is 1. The second-order valence-corrected chi connectivity index (χ2v) is 7.94. The van der Waals surface area contributed by atoms with Gasteiger partial charge in [-0.25, -0.2) is 13.1 Å². The first-order chi connectivity index (χ1) is 9.99. The van der Waals surface area contributed by atoms with Crippen LogP contribution in [-0.2, 0) is 16.4 Å². The molecule has 0 aliphatic heterocycles. The number of hydrogen-bond acceptors (Lipinski definition) is 4. The van der Waals surface area contributed by atoms with Gasteiger partial charge in [0.05, 0.1) is 0 Å². The highest BCUT2D eigenvalue weighted by Gasteiger charge is 2.13. The lowest BCUT2D eigenvalue weighted by molar-refractivity contribution is 0.581. The highest BCUT2D eigenvalue weighted by atomic mass is 32.2. The van der Waals surface area contributed by atoms with Crippen LogP contribution in [0.15, 0.2) is 46.0 Å². The molecule has 0 aliphatic carbocycles. The monoisotopic (exact) mass is 324 g/mol. The Labute approximate surface area is 130 Å². The Bertz CT molecular complexity index is 647. The van der Waals surface area contributed by atoms with Crippen molar-refractivity contribution in [2.45, 2.75) is 17.1 Å². The summed E-state index contributed by atoms with van der Waals surface area (Å²) in [6.07, 6.45) is 1.65. The summed E-state index contributed by atoms with van der Waals surface area (Å²) >= 11 is 1.23. The Kier molecular flexibility index (Phi) is 5.39. The van der Waals surface area contributed by atoms with Gasteiger partial charge in [0.1, 0.15) is 4.21 Å². The third kappa shape index (κ3) is 4.56. The Morgan fingerprint density at radius 1 is 1.14 bits per heavy atom. The van der Waals surface area contributed by atoms with Crippen molar-refractivity contribution >= 4 is 27.0 Å². The second-order valence-electron chi connectivity index (χ2n) is 4.99. The van der Waals surface area contributed by atoms with Gasteiger partial charge in [-0.1, -0.05) is 18.2 Å². The molecule has 2 rings (SSSR count). The summed E-state index contributed by atoms with van der Waals surface area (Å²) in [7, 11) is 0.689. The third-order valence-electron chi connectivity index (χ3n) is 3.15. The van der Waals surface area contributed by atoms with Crippen molar-refractivity contribution in [3.05, 3.63) is 47.3 Å². The van der Waals surface area contributed by atoms with Gasteiger partial charge in [0.15, 0.2) is 0 Å². The van der Waals surface area contributed by atoms with Crippen LogP contribution in [0.5, 0.6) is 0 Å². The van der Waals surface area contributed by atoms with Gasteiger partial charge in [-0.3, -0.25) is 0 Å². The van der Waals surface area contributed by atoms with E-state index in [1.165, 1.54) is 16.9 Å². The van der Waals surface area contributed by atoms with E-state index in [2.05, 4.69) is 33.9 Å². The van der Waals surface area contributed by atoms with Crippen LogP contribution in [0.4, 0.5) is 5.69 Å². The molecule has 2 aromatic rings. The molecule has 21 heavy (non-hydrogen) atoms. The summed E-state index contributed by atoms with van der Waals surface area (Å²) in [5.74, 6) is 0.